The normalized spacial score (nSPS) is 29.8. The van der Waals surface area contributed by atoms with Gasteiger partial charge in [-0.3, -0.25) is 0 Å². The molecular weight excluding hydrogens is 256 g/mol. The van der Waals surface area contributed by atoms with Crippen LogP contribution < -0.4 is 5.32 Å². The maximum atomic E-state index is 5.81. The van der Waals surface area contributed by atoms with Crippen molar-refractivity contribution < 1.29 is 4.74 Å². The van der Waals surface area contributed by atoms with E-state index in [-0.39, 0.29) is 0 Å². The molecular formula is C15H30N2OS. The number of nitrogens with zero attached hydrogens (tertiary/aromatic N) is 1. The molecule has 19 heavy (non-hydrogen) atoms. The van der Waals surface area contributed by atoms with Crippen molar-refractivity contribution in [2.45, 2.75) is 26.7 Å². The summed E-state index contributed by atoms with van der Waals surface area (Å²) in [4.78, 5) is 2.65. The number of rotatable bonds is 6. The minimum Gasteiger partial charge on any atom is -0.381 e. The van der Waals surface area contributed by atoms with Crippen molar-refractivity contribution in [3.05, 3.63) is 0 Å². The molecule has 0 spiro atoms. The van der Waals surface area contributed by atoms with Gasteiger partial charge in [-0.25, -0.2) is 0 Å². The molecule has 0 aromatic rings. The Balaban J connectivity index is 1.85. The summed E-state index contributed by atoms with van der Waals surface area (Å²) < 4.78 is 5.81. The van der Waals surface area contributed by atoms with Gasteiger partial charge in [-0.1, -0.05) is 13.8 Å². The molecule has 4 heteroatoms. The van der Waals surface area contributed by atoms with Crippen molar-refractivity contribution in [1.82, 2.24) is 10.2 Å². The lowest BCUT2D eigenvalue weighted by Gasteiger charge is -2.42. The van der Waals surface area contributed by atoms with Gasteiger partial charge in [0, 0.05) is 49.7 Å². The minimum absolute atomic E-state index is 0.356. The molecule has 2 rings (SSSR count). The third-order valence-electron chi connectivity index (χ3n) is 4.12. The van der Waals surface area contributed by atoms with E-state index in [1.807, 2.05) is 0 Å². The first-order chi connectivity index (χ1) is 9.20. The van der Waals surface area contributed by atoms with E-state index in [0.717, 1.165) is 32.2 Å². The van der Waals surface area contributed by atoms with Gasteiger partial charge >= 0.3 is 0 Å². The number of ether oxygens (including phenoxy) is 1. The summed E-state index contributed by atoms with van der Waals surface area (Å²) >= 11 is 2.09. The average molecular weight is 286 g/mol. The summed E-state index contributed by atoms with van der Waals surface area (Å²) in [5.74, 6) is 3.33. The second kappa shape index (κ2) is 7.87. The predicted molar refractivity (Wildman–Crippen MR) is 84.0 cm³/mol. The Kier molecular flexibility index (Phi) is 6.46. The molecule has 2 aliphatic heterocycles. The van der Waals surface area contributed by atoms with E-state index in [4.69, 9.17) is 4.74 Å². The van der Waals surface area contributed by atoms with Gasteiger partial charge in [0.25, 0.3) is 0 Å². The van der Waals surface area contributed by atoms with E-state index in [0.29, 0.717) is 5.41 Å². The summed E-state index contributed by atoms with van der Waals surface area (Å²) in [6, 6.07) is 0. The first kappa shape index (κ1) is 15.6. The molecule has 0 aromatic carbocycles. The van der Waals surface area contributed by atoms with Gasteiger partial charge in [0.05, 0.1) is 6.61 Å². The molecule has 2 aliphatic rings. The SMILES string of the molecule is CC(C)CNCC1(CN2CCSCC2)CCCOC1. The van der Waals surface area contributed by atoms with Gasteiger partial charge in [0.1, 0.15) is 0 Å². The lowest BCUT2D eigenvalue weighted by Crippen LogP contribution is -2.51. The highest BCUT2D eigenvalue weighted by molar-refractivity contribution is 7.99. The molecule has 1 N–H and O–H groups in total. The van der Waals surface area contributed by atoms with Crippen LogP contribution in [0.2, 0.25) is 0 Å². The van der Waals surface area contributed by atoms with Crippen LogP contribution in [0.4, 0.5) is 0 Å². The van der Waals surface area contributed by atoms with Crippen LogP contribution in [0.3, 0.4) is 0 Å². The first-order valence-electron chi connectivity index (χ1n) is 7.79. The van der Waals surface area contributed by atoms with Crippen LogP contribution in [-0.2, 0) is 4.74 Å². The van der Waals surface area contributed by atoms with E-state index in [1.54, 1.807) is 0 Å². The fourth-order valence-corrected chi connectivity index (χ4v) is 4.07. The number of hydrogen-bond acceptors (Lipinski definition) is 4. The summed E-state index contributed by atoms with van der Waals surface area (Å²) in [5.41, 5.74) is 0.356. The molecule has 2 fully saturated rings. The van der Waals surface area contributed by atoms with Crippen LogP contribution in [0, 0.1) is 11.3 Å². The molecule has 1 unspecified atom stereocenters. The van der Waals surface area contributed by atoms with E-state index >= 15 is 0 Å². The van der Waals surface area contributed by atoms with Gasteiger partial charge in [-0.05, 0) is 25.3 Å². The maximum absolute atomic E-state index is 5.81. The molecule has 0 bridgehead atoms. The Bertz CT molecular complexity index is 249. The highest BCUT2D eigenvalue weighted by atomic mass is 32.2. The summed E-state index contributed by atoms with van der Waals surface area (Å²) in [7, 11) is 0. The van der Waals surface area contributed by atoms with Crippen LogP contribution in [0.5, 0.6) is 0 Å². The first-order valence-corrected chi connectivity index (χ1v) is 8.94. The van der Waals surface area contributed by atoms with Gasteiger partial charge in [-0.2, -0.15) is 11.8 Å². The maximum Gasteiger partial charge on any atom is 0.0546 e. The van der Waals surface area contributed by atoms with Crippen molar-refractivity contribution in [1.29, 1.82) is 0 Å². The van der Waals surface area contributed by atoms with Gasteiger partial charge < -0.3 is 15.0 Å². The molecule has 3 nitrogen and oxygen atoms in total. The third kappa shape index (κ3) is 5.25. The fourth-order valence-electron chi connectivity index (χ4n) is 3.09. The van der Waals surface area contributed by atoms with E-state index in [1.165, 1.54) is 44.0 Å². The van der Waals surface area contributed by atoms with Crippen molar-refractivity contribution in [3.63, 3.8) is 0 Å². The Morgan fingerprint density at radius 3 is 2.74 bits per heavy atom. The summed E-state index contributed by atoms with van der Waals surface area (Å²) in [5, 5.41) is 3.67. The van der Waals surface area contributed by atoms with Crippen LogP contribution in [0.15, 0.2) is 0 Å². The molecule has 0 aromatic heterocycles. The van der Waals surface area contributed by atoms with Gasteiger partial charge in [-0.15, -0.1) is 0 Å². The lowest BCUT2D eigenvalue weighted by atomic mass is 9.81. The van der Waals surface area contributed by atoms with Crippen molar-refractivity contribution in [2.75, 3.05) is 57.4 Å². The molecule has 2 heterocycles. The number of hydrogen-bond donors (Lipinski definition) is 1. The fraction of sp³-hybridized carbons (Fsp3) is 1.00. The largest absolute Gasteiger partial charge is 0.381 e. The summed E-state index contributed by atoms with van der Waals surface area (Å²) in [6.07, 6.45) is 2.55. The number of thioether (sulfide) groups is 1. The van der Waals surface area contributed by atoms with E-state index in [9.17, 15) is 0 Å². The zero-order valence-electron chi connectivity index (χ0n) is 12.6. The van der Waals surface area contributed by atoms with Gasteiger partial charge in [0.2, 0.25) is 0 Å². The molecule has 2 saturated heterocycles. The molecule has 0 amide bonds. The summed E-state index contributed by atoms with van der Waals surface area (Å²) in [6.45, 7) is 12.4. The molecule has 0 aliphatic carbocycles. The quantitative estimate of drug-likeness (QED) is 0.808. The van der Waals surface area contributed by atoms with Crippen molar-refractivity contribution in [2.24, 2.45) is 11.3 Å². The third-order valence-corrected chi connectivity index (χ3v) is 5.06. The monoisotopic (exact) mass is 286 g/mol. The van der Waals surface area contributed by atoms with Crippen LogP contribution in [0.1, 0.15) is 26.7 Å². The second-order valence-electron chi connectivity index (χ2n) is 6.57. The number of nitrogens with one attached hydrogen (secondary N) is 1. The van der Waals surface area contributed by atoms with Crippen LogP contribution >= 0.6 is 11.8 Å². The Labute approximate surface area is 122 Å². The Hall–Kier alpha value is 0.230. The van der Waals surface area contributed by atoms with Crippen LogP contribution in [0.25, 0.3) is 0 Å². The Morgan fingerprint density at radius 1 is 1.32 bits per heavy atom. The van der Waals surface area contributed by atoms with E-state index in [2.05, 4.69) is 35.8 Å². The zero-order chi connectivity index (χ0) is 13.6. The second-order valence-corrected chi connectivity index (χ2v) is 7.79. The zero-order valence-corrected chi connectivity index (χ0v) is 13.4. The van der Waals surface area contributed by atoms with Crippen molar-refractivity contribution >= 4 is 11.8 Å². The standard InChI is InChI=1S/C15H30N2OS/c1-14(2)10-16-11-15(4-3-7-18-13-15)12-17-5-8-19-9-6-17/h14,16H,3-13H2,1-2H3. The Morgan fingerprint density at radius 2 is 2.11 bits per heavy atom. The topological polar surface area (TPSA) is 24.5 Å². The van der Waals surface area contributed by atoms with Crippen molar-refractivity contribution in [3.8, 4) is 0 Å². The average Bonchev–Trinajstić information content (AvgIpc) is 2.40. The highest BCUT2D eigenvalue weighted by Crippen LogP contribution is 2.30. The highest BCUT2D eigenvalue weighted by Gasteiger charge is 2.34. The molecule has 0 radical (unpaired) electrons. The lowest BCUT2D eigenvalue weighted by molar-refractivity contribution is -0.0251. The van der Waals surface area contributed by atoms with Crippen LogP contribution in [-0.4, -0.2) is 62.3 Å². The smallest absolute Gasteiger partial charge is 0.0546 e. The van der Waals surface area contributed by atoms with E-state index < -0.39 is 0 Å². The van der Waals surface area contributed by atoms with Gasteiger partial charge in [0.15, 0.2) is 0 Å². The predicted octanol–water partition coefficient (Wildman–Crippen LogP) is 2.08. The minimum atomic E-state index is 0.356. The molecule has 1 atom stereocenters. The molecule has 0 saturated carbocycles. The molecule has 112 valence electrons.